The number of carbonyl (C=O) groups excluding carboxylic acids is 1. The monoisotopic (exact) mass is 413 g/mol. The molecular weight excluding hydrogens is 385 g/mol. The van der Waals surface area contributed by atoms with Crippen LogP contribution < -0.4 is 16.8 Å². The Kier molecular flexibility index (Phi) is 9.09. The molecule has 1 fully saturated rings. The minimum Gasteiger partial charge on any atom is -0.384 e. The van der Waals surface area contributed by atoms with E-state index in [1.54, 1.807) is 4.68 Å². The fraction of sp³-hybridized carbons (Fsp3) is 0.474. The van der Waals surface area contributed by atoms with E-state index in [2.05, 4.69) is 10.4 Å². The van der Waals surface area contributed by atoms with Crippen molar-refractivity contribution in [3.05, 3.63) is 42.1 Å². The molecule has 2 aromatic rings. The number of halogens is 2. The molecule has 1 amide bonds. The molecule has 1 aromatic carbocycles. The van der Waals surface area contributed by atoms with E-state index in [9.17, 15) is 4.79 Å². The van der Waals surface area contributed by atoms with Gasteiger partial charge in [-0.3, -0.25) is 4.79 Å². The molecule has 3 rings (SSSR count). The standard InChI is InChI=1S/C19H27N5O.2ClH/c20-17-14-15(23-24(17)16-9-3-1-4-10-16)8-7-13-22-18(25)19(21)11-5-2-6-12-19;;/h1,3-4,9-10,14H,2,5-8,11-13,20-21H2,(H,22,25);2*1H. The Hall–Kier alpha value is -1.76. The molecule has 0 radical (unpaired) electrons. The van der Waals surface area contributed by atoms with Crippen molar-refractivity contribution in [2.75, 3.05) is 12.3 Å². The second kappa shape index (κ2) is 10.5. The summed E-state index contributed by atoms with van der Waals surface area (Å²) in [6.07, 6.45) is 6.42. The lowest BCUT2D eigenvalue weighted by Crippen LogP contribution is -2.55. The second-order valence-corrected chi connectivity index (χ2v) is 6.88. The Morgan fingerprint density at radius 1 is 1.15 bits per heavy atom. The fourth-order valence-corrected chi connectivity index (χ4v) is 3.40. The molecule has 0 aliphatic heterocycles. The largest absolute Gasteiger partial charge is 0.384 e. The van der Waals surface area contributed by atoms with Crippen LogP contribution in [0.5, 0.6) is 0 Å². The molecule has 8 heteroatoms. The molecule has 0 saturated heterocycles. The highest BCUT2D eigenvalue weighted by molar-refractivity contribution is 5.86. The van der Waals surface area contributed by atoms with Gasteiger partial charge in [-0.25, -0.2) is 4.68 Å². The lowest BCUT2D eigenvalue weighted by molar-refractivity contribution is -0.127. The number of amides is 1. The van der Waals surface area contributed by atoms with Gasteiger partial charge in [-0.2, -0.15) is 5.10 Å². The molecule has 1 heterocycles. The van der Waals surface area contributed by atoms with Crippen molar-refractivity contribution in [2.45, 2.75) is 50.5 Å². The van der Waals surface area contributed by atoms with Crippen LogP contribution in [0.1, 0.15) is 44.2 Å². The van der Waals surface area contributed by atoms with Crippen LogP contribution in [-0.2, 0) is 11.2 Å². The number of nitrogens with one attached hydrogen (secondary N) is 1. The van der Waals surface area contributed by atoms with Gasteiger partial charge in [0.05, 0.1) is 16.9 Å². The Labute approximate surface area is 172 Å². The van der Waals surface area contributed by atoms with Crippen LogP contribution in [0.2, 0.25) is 0 Å². The van der Waals surface area contributed by atoms with Crippen LogP contribution in [0, 0.1) is 0 Å². The van der Waals surface area contributed by atoms with E-state index in [1.165, 1.54) is 6.42 Å². The maximum absolute atomic E-state index is 12.3. The maximum atomic E-state index is 12.3. The Morgan fingerprint density at radius 2 is 1.81 bits per heavy atom. The molecule has 0 bridgehead atoms. The number of para-hydroxylation sites is 1. The summed E-state index contributed by atoms with van der Waals surface area (Å²) in [7, 11) is 0. The van der Waals surface area contributed by atoms with Crippen molar-refractivity contribution in [1.29, 1.82) is 0 Å². The van der Waals surface area contributed by atoms with E-state index >= 15 is 0 Å². The number of benzene rings is 1. The topological polar surface area (TPSA) is 99.0 Å². The van der Waals surface area contributed by atoms with Gasteiger partial charge >= 0.3 is 0 Å². The van der Waals surface area contributed by atoms with Crippen molar-refractivity contribution >= 4 is 36.5 Å². The third-order valence-corrected chi connectivity index (χ3v) is 4.88. The van der Waals surface area contributed by atoms with Crippen molar-refractivity contribution < 1.29 is 4.79 Å². The number of aromatic nitrogens is 2. The van der Waals surface area contributed by atoms with Crippen LogP contribution in [0.25, 0.3) is 5.69 Å². The van der Waals surface area contributed by atoms with Gasteiger partial charge in [0.1, 0.15) is 5.82 Å². The van der Waals surface area contributed by atoms with Crippen LogP contribution >= 0.6 is 24.8 Å². The van der Waals surface area contributed by atoms with Gasteiger partial charge in [0.15, 0.2) is 0 Å². The third kappa shape index (κ3) is 5.86. The molecule has 5 N–H and O–H groups in total. The number of nitrogens with zero attached hydrogens (tertiary/aromatic N) is 2. The number of rotatable bonds is 6. The van der Waals surface area contributed by atoms with Crippen LogP contribution in [0.15, 0.2) is 36.4 Å². The number of carbonyl (C=O) groups is 1. The number of hydrogen-bond acceptors (Lipinski definition) is 4. The molecular formula is C19H29Cl2N5O. The first-order valence-electron chi connectivity index (χ1n) is 9.05. The summed E-state index contributed by atoms with van der Waals surface area (Å²) in [4.78, 5) is 12.3. The molecule has 1 aliphatic carbocycles. The van der Waals surface area contributed by atoms with E-state index in [0.29, 0.717) is 12.4 Å². The molecule has 150 valence electrons. The smallest absolute Gasteiger partial charge is 0.240 e. The predicted octanol–water partition coefficient (Wildman–Crippen LogP) is 3.01. The highest BCUT2D eigenvalue weighted by Crippen LogP contribution is 2.25. The minimum absolute atomic E-state index is 0. The first-order chi connectivity index (χ1) is 12.1. The number of nitrogens with two attached hydrogens (primary N) is 2. The van der Waals surface area contributed by atoms with Gasteiger partial charge in [0.25, 0.3) is 0 Å². The lowest BCUT2D eigenvalue weighted by atomic mass is 9.82. The van der Waals surface area contributed by atoms with Gasteiger partial charge in [0.2, 0.25) is 5.91 Å². The Bertz CT molecular complexity index is 714. The summed E-state index contributed by atoms with van der Waals surface area (Å²) in [5.41, 5.74) is 13.5. The molecule has 27 heavy (non-hydrogen) atoms. The summed E-state index contributed by atoms with van der Waals surface area (Å²) in [6.45, 7) is 0.607. The first-order valence-corrected chi connectivity index (χ1v) is 9.05. The fourth-order valence-electron chi connectivity index (χ4n) is 3.40. The lowest BCUT2D eigenvalue weighted by Gasteiger charge is -2.31. The number of nitrogen functional groups attached to an aromatic ring is 1. The van der Waals surface area contributed by atoms with E-state index in [1.807, 2.05) is 36.4 Å². The van der Waals surface area contributed by atoms with Crippen molar-refractivity contribution in [3.63, 3.8) is 0 Å². The molecule has 6 nitrogen and oxygen atoms in total. The van der Waals surface area contributed by atoms with Gasteiger partial charge in [-0.05, 0) is 37.8 Å². The van der Waals surface area contributed by atoms with Crippen LogP contribution in [-0.4, -0.2) is 27.8 Å². The summed E-state index contributed by atoms with van der Waals surface area (Å²) < 4.78 is 1.74. The Morgan fingerprint density at radius 3 is 2.48 bits per heavy atom. The summed E-state index contributed by atoms with van der Waals surface area (Å²) >= 11 is 0. The molecule has 0 spiro atoms. The highest BCUT2D eigenvalue weighted by Gasteiger charge is 2.34. The number of anilines is 1. The van der Waals surface area contributed by atoms with Gasteiger partial charge in [-0.15, -0.1) is 24.8 Å². The predicted molar refractivity (Wildman–Crippen MR) is 114 cm³/mol. The quantitative estimate of drug-likeness (QED) is 0.633. The van der Waals surface area contributed by atoms with Crippen molar-refractivity contribution in [2.24, 2.45) is 5.73 Å². The second-order valence-electron chi connectivity index (χ2n) is 6.88. The molecule has 1 saturated carbocycles. The summed E-state index contributed by atoms with van der Waals surface area (Å²) in [5.74, 6) is 0.606. The van der Waals surface area contributed by atoms with Gasteiger partial charge in [-0.1, -0.05) is 37.5 Å². The molecule has 0 atom stereocenters. The average molecular weight is 414 g/mol. The number of hydrogen-bond donors (Lipinski definition) is 3. The molecule has 1 aliphatic rings. The van der Waals surface area contributed by atoms with E-state index in [4.69, 9.17) is 11.5 Å². The van der Waals surface area contributed by atoms with Gasteiger partial charge < -0.3 is 16.8 Å². The normalized spacial score (nSPS) is 15.3. The third-order valence-electron chi connectivity index (χ3n) is 4.88. The average Bonchev–Trinajstić information content (AvgIpc) is 3.00. The van der Waals surface area contributed by atoms with Crippen LogP contribution in [0.3, 0.4) is 0 Å². The maximum Gasteiger partial charge on any atom is 0.240 e. The summed E-state index contributed by atoms with van der Waals surface area (Å²) in [6, 6.07) is 11.7. The van der Waals surface area contributed by atoms with E-state index < -0.39 is 5.54 Å². The minimum atomic E-state index is -0.669. The van der Waals surface area contributed by atoms with E-state index in [0.717, 1.165) is 49.9 Å². The zero-order valence-corrected chi connectivity index (χ0v) is 17.0. The van der Waals surface area contributed by atoms with Gasteiger partial charge in [0, 0.05) is 12.6 Å². The Balaban J connectivity index is 0.00000182. The summed E-state index contributed by atoms with van der Waals surface area (Å²) in [5, 5.41) is 7.54. The zero-order valence-electron chi connectivity index (χ0n) is 15.4. The van der Waals surface area contributed by atoms with Crippen molar-refractivity contribution in [1.82, 2.24) is 15.1 Å². The van der Waals surface area contributed by atoms with Crippen molar-refractivity contribution in [3.8, 4) is 5.69 Å². The molecule has 1 aromatic heterocycles. The first kappa shape index (κ1) is 23.3. The van der Waals surface area contributed by atoms with E-state index in [-0.39, 0.29) is 30.7 Å². The number of aryl methyl sites for hydroxylation is 1. The SMILES string of the molecule is Cl.Cl.Nc1cc(CCCNC(=O)C2(N)CCCCC2)nn1-c1ccccc1. The zero-order chi connectivity index (χ0) is 17.7. The highest BCUT2D eigenvalue weighted by atomic mass is 35.5. The van der Waals surface area contributed by atoms with Crippen LogP contribution in [0.4, 0.5) is 5.82 Å². The molecule has 0 unspecified atom stereocenters.